The topological polar surface area (TPSA) is 82.4 Å². The maximum Gasteiger partial charge on any atom is 0.252 e. The van der Waals surface area contributed by atoms with Crippen molar-refractivity contribution in [1.29, 1.82) is 5.26 Å². The fourth-order valence-corrected chi connectivity index (χ4v) is 3.47. The Kier molecular flexibility index (Phi) is 5.34. The smallest absolute Gasteiger partial charge is 0.252 e. The van der Waals surface area contributed by atoms with Gasteiger partial charge in [-0.05, 0) is 56.7 Å². The van der Waals surface area contributed by atoms with Gasteiger partial charge in [0, 0.05) is 18.8 Å². The molecule has 2 atom stereocenters. The number of hydrogen-bond donors (Lipinski definition) is 1. The number of nitrogens with one attached hydrogen (secondary N) is 1. The summed E-state index contributed by atoms with van der Waals surface area (Å²) in [6, 6.07) is 6.80. The number of anilines is 1. The second-order valence-electron chi connectivity index (χ2n) is 6.68. The van der Waals surface area contributed by atoms with Gasteiger partial charge in [0.15, 0.2) is 0 Å². The molecule has 0 aromatic heterocycles. The molecule has 6 nitrogen and oxygen atoms in total. The molecule has 2 heterocycles. The van der Waals surface area contributed by atoms with Gasteiger partial charge in [-0.2, -0.15) is 5.26 Å². The Hall–Kier alpha value is -2.39. The van der Waals surface area contributed by atoms with Crippen LogP contribution in [0.15, 0.2) is 18.2 Å². The van der Waals surface area contributed by atoms with Crippen molar-refractivity contribution in [2.24, 2.45) is 0 Å². The monoisotopic (exact) mass is 341 g/mol. The van der Waals surface area contributed by atoms with Crippen LogP contribution in [-0.2, 0) is 14.3 Å². The lowest BCUT2D eigenvalue weighted by atomic mass is 9.99. The Morgan fingerprint density at radius 2 is 2.12 bits per heavy atom. The Labute approximate surface area is 147 Å². The molecule has 6 heteroatoms. The molecule has 0 radical (unpaired) electrons. The van der Waals surface area contributed by atoms with Crippen LogP contribution in [0.5, 0.6) is 0 Å². The van der Waals surface area contributed by atoms with Crippen molar-refractivity contribution in [3.8, 4) is 6.07 Å². The van der Waals surface area contributed by atoms with E-state index >= 15 is 0 Å². The van der Waals surface area contributed by atoms with Gasteiger partial charge in [-0.3, -0.25) is 9.59 Å². The van der Waals surface area contributed by atoms with E-state index in [4.69, 9.17) is 10.00 Å². The molecule has 1 aromatic carbocycles. The summed E-state index contributed by atoms with van der Waals surface area (Å²) in [6.45, 7) is 3.09. The van der Waals surface area contributed by atoms with Crippen LogP contribution < -0.4 is 5.32 Å². The SMILES string of the molecule is Cc1ccc(C#N)cc1NC(=O)[C@H]1CCCCN1C(=O)[C@@H]1CCCO1. The van der Waals surface area contributed by atoms with Crippen molar-refractivity contribution in [3.05, 3.63) is 29.3 Å². The minimum Gasteiger partial charge on any atom is -0.368 e. The molecule has 2 saturated heterocycles. The summed E-state index contributed by atoms with van der Waals surface area (Å²) in [5, 5.41) is 11.9. The summed E-state index contributed by atoms with van der Waals surface area (Å²) in [4.78, 5) is 27.2. The molecule has 0 aliphatic carbocycles. The van der Waals surface area contributed by atoms with Crippen LogP contribution in [0.25, 0.3) is 0 Å². The molecular weight excluding hydrogens is 318 g/mol. The summed E-state index contributed by atoms with van der Waals surface area (Å²) in [7, 11) is 0. The quantitative estimate of drug-likeness (QED) is 0.915. The van der Waals surface area contributed by atoms with E-state index in [2.05, 4.69) is 11.4 Å². The minimum atomic E-state index is -0.476. The number of carbonyl (C=O) groups excluding carboxylic acids is 2. The third-order valence-electron chi connectivity index (χ3n) is 4.92. The van der Waals surface area contributed by atoms with Crippen LogP contribution in [0.1, 0.15) is 43.2 Å². The summed E-state index contributed by atoms with van der Waals surface area (Å²) in [5.74, 6) is -0.260. The Balaban J connectivity index is 1.75. The summed E-state index contributed by atoms with van der Waals surface area (Å²) >= 11 is 0. The molecule has 0 bridgehead atoms. The molecule has 1 N–H and O–H groups in total. The molecule has 3 rings (SSSR count). The fourth-order valence-electron chi connectivity index (χ4n) is 3.47. The zero-order chi connectivity index (χ0) is 17.8. The summed E-state index contributed by atoms with van der Waals surface area (Å²) in [6.07, 6.45) is 3.70. The van der Waals surface area contributed by atoms with E-state index in [9.17, 15) is 9.59 Å². The predicted molar refractivity (Wildman–Crippen MR) is 92.8 cm³/mol. The maximum absolute atomic E-state index is 12.8. The van der Waals surface area contributed by atoms with Gasteiger partial charge in [0.05, 0.1) is 11.6 Å². The first-order valence-corrected chi connectivity index (χ1v) is 8.84. The number of hydrogen-bond acceptors (Lipinski definition) is 4. The third kappa shape index (κ3) is 3.83. The summed E-state index contributed by atoms with van der Waals surface area (Å²) < 4.78 is 5.50. The average Bonchev–Trinajstić information content (AvgIpc) is 3.17. The van der Waals surface area contributed by atoms with E-state index in [1.807, 2.05) is 13.0 Å². The number of ether oxygens (including phenoxy) is 1. The van der Waals surface area contributed by atoms with Gasteiger partial charge in [0.25, 0.3) is 5.91 Å². The maximum atomic E-state index is 12.8. The number of nitriles is 1. The van der Waals surface area contributed by atoms with Gasteiger partial charge < -0.3 is 15.0 Å². The van der Waals surface area contributed by atoms with Crippen molar-refractivity contribution in [2.45, 2.75) is 51.2 Å². The highest BCUT2D eigenvalue weighted by Gasteiger charge is 2.37. The fraction of sp³-hybridized carbons (Fsp3) is 0.526. The number of likely N-dealkylation sites (tertiary alicyclic amines) is 1. The van der Waals surface area contributed by atoms with Crippen LogP contribution in [0, 0.1) is 18.3 Å². The zero-order valence-corrected chi connectivity index (χ0v) is 14.5. The van der Waals surface area contributed by atoms with Gasteiger partial charge in [-0.1, -0.05) is 6.07 Å². The van der Waals surface area contributed by atoms with Crippen molar-refractivity contribution < 1.29 is 14.3 Å². The van der Waals surface area contributed by atoms with E-state index in [0.29, 0.717) is 30.8 Å². The predicted octanol–water partition coefficient (Wildman–Crippen LogP) is 2.37. The van der Waals surface area contributed by atoms with Gasteiger partial charge in [0.1, 0.15) is 12.1 Å². The number of amides is 2. The normalized spacial score (nSPS) is 23.1. The highest BCUT2D eigenvalue weighted by atomic mass is 16.5. The van der Waals surface area contributed by atoms with E-state index < -0.39 is 12.1 Å². The highest BCUT2D eigenvalue weighted by molar-refractivity contribution is 5.98. The van der Waals surface area contributed by atoms with Crippen LogP contribution in [-0.4, -0.2) is 42.0 Å². The second-order valence-corrected chi connectivity index (χ2v) is 6.68. The molecule has 2 aliphatic rings. The molecule has 0 spiro atoms. The largest absolute Gasteiger partial charge is 0.368 e. The highest BCUT2D eigenvalue weighted by Crippen LogP contribution is 2.24. The molecule has 0 saturated carbocycles. The lowest BCUT2D eigenvalue weighted by Gasteiger charge is -2.36. The van der Waals surface area contributed by atoms with Gasteiger partial charge in [0.2, 0.25) is 5.91 Å². The van der Waals surface area contributed by atoms with Crippen molar-refractivity contribution >= 4 is 17.5 Å². The van der Waals surface area contributed by atoms with Crippen LogP contribution in [0.3, 0.4) is 0 Å². The number of carbonyl (C=O) groups is 2. The number of benzene rings is 1. The molecule has 0 unspecified atom stereocenters. The molecule has 2 fully saturated rings. The van der Waals surface area contributed by atoms with E-state index in [1.165, 1.54) is 0 Å². The lowest BCUT2D eigenvalue weighted by Crippen LogP contribution is -2.53. The molecule has 132 valence electrons. The number of aryl methyl sites for hydroxylation is 1. The zero-order valence-electron chi connectivity index (χ0n) is 14.5. The molecule has 25 heavy (non-hydrogen) atoms. The standard InChI is InChI=1S/C19H23N3O3/c1-13-7-8-14(12-20)11-15(13)21-18(23)16-5-2-3-9-22(16)19(24)17-6-4-10-25-17/h7-8,11,16-17H,2-6,9-10H2,1H3,(H,21,23)/t16-,17+/m1/s1. The van der Waals surface area contributed by atoms with Crippen LogP contribution in [0.4, 0.5) is 5.69 Å². The van der Waals surface area contributed by atoms with Gasteiger partial charge in [-0.15, -0.1) is 0 Å². The summed E-state index contributed by atoms with van der Waals surface area (Å²) in [5.41, 5.74) is 2.01. The lowest BCUT2D eigenvalue weighted by molar-refractivity contribution is -0.148. The number of piperidine rings is 1. The molecule has 2 aliphatic heterocycles. The van der Waals surface area contributed by atoms with E-state index in [-0.39, 0.29) is 11.8 Å². The Morgan fingerprint density at radius 1 is 1.28 bits per heavy atom. The van der Waals surface area contributed by atoms with E-state index in [1.54, 1.807) is 17.0 Å². The Morgan fingerprint density at radius 3 is 2.84 bits per heavy atom. The molecular formula is C19H23N3O3. The molecule has 2 amide bonds. The van der Waals surface area contributed by atoms with E-state index in [0.717, 1.165) is 31.2 Å². The Bertz CT molecular complexity index is 704. The average molecular weight is 341 g/mol. The molecule has 1 aromatic rings. The number of nitrogens with zero attached hydrogens (tertiary/aromatic N) is 2. The van der Waals surface area contributed by atoms with Crippen LogP contribution in [0.2, 0.25) is 0 Å². The minimum absolute atomic E-state index is 0.0696. The first kappa shape index (κ1) is 17.4. The van der Waals surface area contributed by atoms with Crippen molar-refractivity contribution in [1.82, 2.24) is 4.90 Å². The van der Waals surface area contributed by atoms with Crippen molar-refractivity contribution in [2.75, 3.05) is 18.5 Å². The van der Waals surface area contributed by atoms with Crippen LogP contribution >= 0.6 is 0 Å². The number of rotatable bonds is 3. The first-order chi connectivity index (χ1) is 12.1. The first-order valence-electron chi connectivity index (χ1n) is 8.84. The van der Waals surface area contributed by atoms with Gasteiger partial charge in [-0.25, -0.2) is 0 Å². The van der Waals surface area contributed by atoms with Gasteiger partial charge >= 0.3 is 0 Å². The van der Waals surface area contributed by atoms with Crippen molar-refractivity contribution in [3.63, 3.8) is 0 Å². The second kappa shape index (κ2) is 7.66. The third-order valence-corrected chi connectivity index (χ3v) is 4.92.